The summed E-state index contributed by atoms with van der Waals surface area (Å²) in [6, 6.07) is 12.8. The predicted octanol–water partition coefficient (Wildman–Crippen LogP) is 4.71. The maximum Gasteiger partial charge on any atom is 0.306 e. The third-order valence-electron chi connectivity index (χ3n) is 7.25. The van der Waals surface area contributed by atoms with E-state index in [1.54, 1.807) is 18.3 Å². The van der Waals surface area contributed by atoms with Crippen molar-refractivity contribution in [2.75, 3.05) is 32.9 Å². The molecule has 1 fully saturated rings. The minimum Gasteiger partial charge on any atom is -0.475 e. The Morgan fingerprint density at radius 3 is 2.51 bits per heavy atom. The van der Waals surface area contributed by atoms with Crippen LogP contribution >= 0.6 is 0 Å². The highest BCUT2D eigenvalue weighted by molar-refractivity contribution is 6.09. The van der Waals surface area contributed by atoms with E-state index in [0.29, 0.717) is 43.1 Å². The summed E-state index contributed by atoms with van der Waals surface area (Å²) in [6.45, 7) is 5.57. The van der Waals surface area contributed by atoms with Crippen LogP contribution in [-0.4, -0.2) is 62.1 Å². The molecule has 0 amide bonds. The Hall–Kier alpha value is -3.23. The summed E-state index contributed by atoms with van der Waals surface area (Å²) in [5.74, 6) is 0.134. The van der Waals surface area contributed by atoms with Gasteiger partial charge < -0.3 is 14.2 Å². The van der Waals surface area contributed by atoms with Gasteiger partial charge >= 0.3 is 5.97 Å². The van der Waals surface area contributed by atoms with Gasteiger partial charge in [0.25, 0.3) is 0 Å². The monoisotopic (exact) mass is 535 g/mol. The minimum absolute atomic E-state index is 0.0702. The summed E-state index contributed by atoms with van der Waals surface area (Å²) in [7, 11) is 0. The van der Waals surface area contributed by atoms with Crippen LogP contribution in [-0.2, 0) is 20.7 Å². The van der Waals surface area contributed by atoms with Gasteiger partial charge in [0.15, 0.2) is 12.0 Å². The topological polar surface area (TPSA) is 103 Å². The number of nitrogens with two attached hydrogens (primary N) is 1. The van der Waals surface area contributed by atoms with Crippen LogP contribution in [0.4, 0.5) is 0 Å². The number of nitrogens with zero attached hydrogens (tertiary/aromatic N) is 2. The molecular formula is C31H41N3O5. The lowest BCUT2D eigenvalue weighted by Crippen LogP contribution is -2.41. The molecule has 0 saturated carbocycles. The predicted molar refractivity (Wildman–Crippen MR) is 151 cm³/mol. The van der Waals surface area contributed by atoms with Crippen molar-refractivity contribution in [3.63, 3.8) is 0 Å². The Bertz CT molecular complexity index is 1110. The SMILES string of the molecule is CCCCCCCCOC(=O)CC1Cc2cc(C(=O)c3ccc(C=NN4CCOCC4)cc3)ccc2OC1N. The highest BCUT2D eigenvalue weighted by Gasteiger charge is 2.30. The zero-order valence-electron chi connectivity index (χ0n) is 23.0. The van der Waals surface area contributed by atoms with Crippen LogP contribution in [0.2, 0.25) is 0 Å². The van der Waals surface area contributed by atoms with E-state index in [0.717, 1.165) is 37.1 Å². The molecule has 39 heavy (non-hydrogen) atoms. The van der Waals surface area contributed by atoms with Crippen molar-refractivity contribution < 1.29 is 23.8 Å². The number of hydrogen-bond donors (Lipinski definition) is 1. The molecule has 0 spiro atoms. The fraction of sp³-hybridized carbons (Fsp3) is 0.516. The van der Waals surface area contributed by atoms with E-state index in [2.05, 4.69) is 12.0 Å². The molecule has 2 heterocycles. The molecule has 0 bridgehead atoms. The van der Waals surface area contributed by atoms with Crippen LogP contribution in [0.15, 0.2) is 47.6 Å². The van der Waals surface area contributed by atoms with E-state index in [4.69, 9.17) is 19.9 Å². The Morgan fingerprint density at radius 2 is 1.74 bits per heavy atom. The highest BCUT2D eigenvalue weighted by atomic mass is 16.5. The van der Waals surface area contributed by atoms with Gasteiger partial charge in [0.05, 0.1) is 45.5 Å². The quantitative estimate of drug-likeness (QED) is 0.171. The molecule has 210 valence electrons. The maximum atomic E-state index is 13.2. The van der Waals surface area contributed by atoms with Crippen molar-refractivity contribution in [1.29, 1.82) is 0 Å². The van der Waals surface area contributed by atoms with Gasteiger partial charge in [-0.15, -0.1) is 0 Å². The van der Waals surface area contributed by atoms with E-state index in [-0.39, 0.29) is 24.1 Å². The lowest BCUT2D eigenvalue weighted by molar-refractivity contribution is -0.145. The average Bonchev–Trinajstić information content (AvgIpc) is 2.96. The second-order valence-corrected chi connectivity index (χ2v) is 10.3. The second-order valence-electron chi connectivity index (χ2n) is 10.3. The number of morpholine rings is 1. The number of ether oxygens (including phenoxy) is 3. The molecule has 2 aromatic carbocycles. The van der Waals surface area contributed by atoms with Gasteiger partial charge in [0, 0.05) is 17.0 Å². The first-order valence-corrected chi connectivity index (χ1v) is 14.3. The molecule has 0 radical (unpaired) electrons. The first kappa shape index (κ1) is 28.8. The number of fused-ring (bicyclic) bond motifs is 1. The summed E-state index contributed by atoms with van der Waals surface area (Å²) in [6.07, 6.45) is 8.82. The summed E-state index contributed by atoms with van der Waals surface area (Å²) in [4.78, 5) is 25.6. The zero-order valence-corrected chi connectivity index (χ0v) is 23.0. The van der Waals surface area contributed by atoms with Crippen LogP contribution in [0.5, 0.6) is 5.75 Å². The van der Waals surface area contributed by atoms with E-state index in [9.17, 15) is 9.59 Å². The Labute approximate surface area is 231 Å². The van der Waals surface area contributed by atoms with Crippen molar-refractivity contribution >= 4 is 18.0 Å². The molecule has 2 aromatic rings. The Kier molecular flexibility index (Phi) is 10.9. The van der Waals surface area contributed by atoms with Gasteiger partial charge in [-0.2, -0.15) is 5.10 Å². The molecule has 2 atom stereocenters. The van der Waals surface area contributed by atoms with Crippen molar-refractivity contribution in [1.82, 2.24) is 5.01 Å². The zero-order chi connectivity index (χ0) is 27.5. The van der Waals surface area contributed by atoms with Crippen molar-refractivity contribution in [3.05, 3.63) is 64.7 Å². The van der Waals surface area contributed by atoms with Crippen molar-refractivity contribution in [2.24, 2.45) is 16.8 Å². The van der Waals surface area contributed by atoms with Crippen molar-refractivity contribution in [3.8, 4) is 5.75 Å². The van der Waals surface area contributed by atoms with Gasteiger partial charge in [-0.3, -0.25) is 20.3 Å². The molecule has 8 heteroatoms. The van der Waals surface area contributed by atoms with Gasteiger partial charge in [0.1, 0.15) is 5.75 Å². The number of benzene rings is 2. The number of hydrogen-bond acceptors (Lipinski definition) is 8. The molecule has 2 aliphatic heterocycles. The molecule has 2 aliphatic rings. The number of carbonyl (C=O) groups excluding carboxylic acids is 2. The molecule has 0 aromatic heterocycles. The van der Waals surface area contributed by atoms with Crippen LogP contribution in [0.25, 0.3) is 0 Å². The van der Waals surface area contributed by atoms with Crippen LogP contribution in [0.3, 0.4) is 0 Å². The number of unbranched alkanes of at least 4 members (excludes halogenated alkanes) is 5. The van der Waals surface area contributed by atoms with E-state index in [1.807, 2.05) is 35.3 Å². The fourth-order valence-corrected chi connectivity index (χ4v) is 4.87. The van der Waals surface area contributed by atoms with Crippen molar-refractivity contribution in [2.45, 2.75) is 64.5 Å². The standard InChI is InChI=1S/C31H41N3O5/c1-2-3-4-5-6-7-16-38-29(35)21-27-20-26-19-25(12-13-28(26)39-31(27)32)30(36)24-10-8-23(9-11-24)22-33-34-14-17-37-18-15-34/h8-13,19,22,27,31H,2-7,14-18,20-21,32H2,1H3. The van der Waals surface area contributed by atoms with Crippen LogP contribution in [0, 0.1) is 5.92 Å². The van der Waals surface area contributed by atoms with Gasteiger partial charge in [-0.25, -0.2) is 0 Å². The maximum absolute atomic E-state index is 13.2. The van der Waals surface area contributed by atoms with Gasteiger partial charge in [0.2, 0.25) is 0 Å². The number of rotatable bonds is 13. The lowest BCUT2D eigenvalue weighted by atomic mass is 9.90. The lowest BCUT2D eigenvalue weighted by Gasteiger charge is -2.30. The third kappa shape index (κ3) is 8.63. The summed E-state index contributed by atoms with van der Waals surface area (Å²) >= 11 is 0. The Balaban J connectivity index is 1.30. The molecule has 0 aliphatic carbocycles. The summed E-state index contributed by atoms with van der Waals surface area (Å²) < 4.78 is 16.7. The van der Waals surface area contributed by atoms with E-state index in [1.165, 1.54) is 25.7 Å². The summed E-state index contributed by atoms with van der Waals surface area (Å²) in [5.41, 5.74) is 9.21. The smallest absolute Gasteiger partial charge is 0.306 e. The highest BCUT2D eigenvalue weighted by Crippen LogP contribution is 2.32. The second kappa shape index (κ2) is 14.8. The van der Waals surface area contributed by atoms with Gasteiger partial charge in [-0.05, 0) is 42.2 Å². The molecule has 2 unspecified atom stereocenters. The molecule has 1 saturated heterocycles. The first-order valence-electron chi connectivity index (χ1n) is 14.3. The minimum atomic E-state index is -0.590. The normalized spacial score (nSPS) is 19.0. The van der Waals surface area contributed by atoms with E-state index >= 15 is 0 Å². The summed E-state index contributed by atoms with van der Waals surface area (Å²) in [5, 5.41) is 6.47. The largest absolute Gasteiger partial charge is 0.475 e. The average molecular weight is 536 g/mol. The first-order chi connectivity index (χ1) is 19.0. The fourth-order valence-electron chi connectivity index (χ4n) is 4.87. The number of carbonyl (C=O) groups is 2. The van der Waals surface area contributed by atoms with Gasteiger partial charge in [-0.1, -0.05) is 63.3 Å². The molecular weight excluding hydrogens is 494 g/mol. The molecule has 8 nitrogen and oxygen atoms in total. The van der Waals surface area contributed by atoms with E-state index < -0.39 is 6.23 Å². The molecule has 2 N–H and O–H groups in total. The number of esters is 1. The molecule has 4 rings (SSSR count). The Morgan fingerprint density at radius 1 is 1.03 bits per heavy atom. The number of hydrazone groups is 1. The van der Waals surface area contributed by atoms with Crippen LogP contribution < -0.4 is 10.5 Å². The number of ketones is 1. The third-order valence-corrected chi connectivity index (χ3v) is 7.25. The van der Waals surface area contributed by atoms with Crippen LogP contribution in [0.1, 0.15) is 78.9 Å².